The third-order valence-electron chi connectivity index (χ3n) is 5.06. The van der Waals surface area contributed by atoms with Crippen LogP contribution in [0.1, 0.15) is 32.6 Å². The van der Waals surface area contributed by atoms with Gasteiger partial charge in [0.05, 0.1) is 16.9 Å². The molecule has 1 heterocycles. The molecule has 0 atom stereocenters. The lowest BCUT2D eigenvalue weighted by Crippen LogP contribution is -2.09. The molecule has 4 nitrogen and oxygen atoms in total. The van der Waals surface area contributed by atoms with Gasteiger partial charge in [-0.1, -0.05) is 30.3 Å². The number of carboxylic acid groups (broad SMARTS) is 1. The van der Waals surface area contributed by atoms with Crippen LogP contribution in [0.15, 0.2) is 54.6 Å². The molecule has 27 heavy (non-hydrogen) atoms. The molecule has 0 saturated heterocycles. The van der Waals surface area contributed by atoms with Gasteiger partial charge in [-0.25, -0.2) is 4.79 Å². The van der Waals surface area contributed by atoms with Gasteiger partial charge in [-0.3, -0.25) is 0 Å². The maximum Gasteiger partial charge on any atom is 0.337 e. The summed E-state index contributed by atoms with van der Waals surface area (Å²) in [6, 6.07) is 17.7. The summed E-state index contributed by atoms with van der Waals surface area (Å²) in [4.78, 5) is 11.4. The van der Waals surface area contributed by atoms with Crippen molar-refractivity contribution in [1.82, 2.24) is 0 Å². The fraction of sp³-hybridized carbons (Fsp3) is 0.174. The van der Waals surface area contributed by atoms with E-state index in [-0.39, 0.29) is 5.56 Å². The molecular formula is C23H21NO3. The molecule has 0 radical (unpaired) electrons. The lowest BCUT2D eigenvalue weighted by molar-refractivity contribution is 0.0697. The summed E-state index contributed by atoms with van der Waals surface area (Å²) >= 11 is 0. The first-order chi connectivity index (χ1) is 13.0. The molecule has 0 aliphatic carbocycles. The average Bonchev–Trinajstić information content (AvgIpc) is 2.66. The Morgan fingerprint density at radius 1 is 0.926 bits per heavy atom. The molecule has 2 N–H and O–H groups in total. The molecule has 0 fully saturated rings. The Morgan fingerprint density at radius 3 is 2.41 bits per heavy atom. The van der Waals surface area contributed by atoms with Crippen molar-refractivity contribution in [1.29, 1.82) is 0 Å². The van der Waals surface area contributed by atoms with E-state index in [2.05, 4.69) is 43.4 Å². The van der Waals surface area contributed by atoms with E-state index in [0.717, 1.165) is 24.3 Å². The van der Waals surface area contributed by atoms with Crippen LogP contribution in [0.25, 0.3) is 0 Å². The molecule has 3 aromatic carbocycles. The molecule has 0 saturated carbocycles. The van der Waals surface area contributed by atoms with Gasteiger partial charge in [0.25, 0.3) is 0 Å². The Balaban J connectivity index is 1.54. The van der Waals surface area contributed by atoms with E-state index >= 15 is 0 Å². The Bertz CT molecular complexity index is 1040. The summed E-state index contributed by atoms with van der Waals surface area (Å²) in [7, 11) is 0. The number of anilines is 2. The first-order valence-corrected chi connectivity index (χ1v) is 9.01. The van der Waals surface area contributed by atoms with E-state index in [1.807, 2.05) is 12.1 Å². The van der Waals surface area contributed by atoms with Gasteiger partial charge in [-0.2, -0.15) is 0 Å². The second-order valence-corrected chi connectivity index (χ2v) is 6.96. The average molecular weight is 359 g/mol. The smallest absolute Gasteiger partial charge is 0.337 e. The van der Waals surface area contributed by atoms with E-state index in [9.17, 15) is 9.90 Å². The Morgan fingerprint density at radius 2 is 1.67 bits per heavy atom. The van der Waals surface area contributed by atoms with Gasteiger partial charge in [-0.15, -0.1) is 0 Å². The van der Waals surface area contributed by atoms with Crippen molar-refractivity contribution >= 4 is 17.3 Å². The fourth-order valence-corrected chi connectivity index (χ4v) is 3.33. The number of aromatic carboxylic acids is 1. The third kappa shape index (κ3) is 3.38. The van der Waals surface area contributed by atoms with Crippen LogP contribution in [-0.2, 0) is 12.8 Å². The summed E-state index contributed by atoms with van der Waals surface area (Å²) in [6.07, 6.45) is 1.88. The number of carbonyl (C=O) groups is 1. The van der Waals surface area contributed by atoms with E-state index in [1.165, 1.54) is 22.3 Å². The summed E-state index contributed by atoms with van der Waals surface area (Å²) in [5.41, 5.74) is 6.63. The highest BCUT2D eigenvalue weighted by molar-refractivity contribution is 5.98. The molecule has 1 aliphatic rings. The Labute approximate surface area is 158 Å². The number of nitrogens with one attached hydrogen (secondary N) is 1. The maximum atomic E-state index is 11.4. The number of ether oxygens (including phenoxy) is 1. The predicted molar refractivity (Wildman–Crippen MR) is 107 cm³/mol. The van der Waals surface area contributed by atoms with Crippen molar-refractivity contribution in [3.8, 4) is 11.5 Å². The monoisotopic (exact) mass is 359 g/mol. The number of rotatable bonds is 4. The summed E-state index contributed by atoms with van der Waals surface area (Å²) in [5.74, 6) is 0.285. The van der Waals surface area contributed by atoms with Gasteiger partial charge in [-0.05, 0) is 73.2 Å². The first-order valence-electron chi connectivity index (χ1n) is 9.01. The molecule has 1 aliphatic heterocycles. The second-order valence-electron chi connectivity index (χ2n) is 6.96. The summed E-state index contributed by atoms with van der Waals surface area (Å²) < 4.78 is 5.97. The normalized spacial score (nSPS) is 11.8. The van der Waals surface area contributed by atoms with E-state index in [0.29, 0.717) is 11.4 Å². The van der Waals surface area contributed by atoms with Crippen LogP contribution in [0, 0.1) is 13.8 Å². The highest BCUT2D eigenvalue weighted by Crippen LogP contribution is 2.43. The van der Waals surface area contributed by atoms with Gasteiger partial charge in [0, 0.05) is 0 Å². The van der Waals surface area contributed by atoms with Gasteiger partial charge < -0.3 is 15.2 Å². The highest BCUT2D eigenvalue weighted by atomic mass is 16.5. The SMILES string of the molecule is Cc1ccc(CCc2ccc3c(c2)Oc2cccc(C(=O)O)c2N3)cc1C. The largest absolute Gasteiger partial charge is 0.478 e. The molecule has 0 aromatic heterocycles. The Kier molecular flexibility index (Phi) is 4.32. The minimum Gasteiger partial charge on any atom is -0.478 e. The third-order valence-corrected chi connectivity index (χ3v) is 5.06. The molecular weight excluding hydrogens is 338 g/mol. The number of hydrogen-bond acceptors (Lipinski definition) is 3. The van der Waals surface area contributed by atoms with Crippen LogP contribution in [0.2, 0.25) is 0 Å². The van der Waals surface area contributed by atoms with Crippen molar-refractivity contribution < 1.29 is 14.6 Å². The molecule has 0 amide bonds. The first kappa shape index (κ1) is 17.2. The molecule has 0 bridgehead atoms. The lowest BCUT2D eigenvalue weighted by atomic mass is 10.00. The summed E-state index contributed by atoms with van der Waals surface area (Å²) in [5, 5.41) is 12.6. The minimum atomic E-state index is -0.976. The summed E-state index contributed by atoms with van der Waals surface area (Å²) in [6.45, 7) is 4.26. The van der Waals surface area contributed by atoms with Crippen molar-refractivity contribution in [2.75, 3.05) is 5.32 Å². The van der Waals surface area contributed by atoms with Gasteiger partial charge >= 0.3 is 5.97 Å². The van der Waals surface area contributed by atoms with Gasteiger partial charge in [0.15, 0.2) is 11.5 Å². The molecule has 4 heteroatoms. The molecule has 4 rings (SSSR count). The highest BCUT2D eigenvalue weighted by Gasteiger charge is 2.22. The zero-order valence-electron chi connectivity index (χ0n) is 15.4. The number of fused-ring (bicyclic) bond motifs is 2. The topological polar surface area (TPSA) is 58.6 Å². The number of para-hydroxylation sites is 1. The van der Waals surface area contributed by atoms with Crippen LogP contribution < -0.4 is 10.1 Å². The van der Waals surface area contributed by atoms with Crippen LogP contribution in [0.3, 0.4) is 0 Å². The van der Waals surface area contributed by atoms with E-state index in [4.69, 9.17) is 4.74 Å². The molecule has 0 unspecified atom stereocenters. The fourth-order valence-electron chi connectivity index (χ4n) is 3.33. The lowest BCUT2D eigenvalue weighted by Gasteiger charge is -2.23. The molecule has 136 valence electrons. The van der Waals surface area contributed by atoms with E-state index in [1.54, 1.807) is 18.2 Å². The van der Waals surface area contributed by atoms with Crippen molar-refractivity contribution in [3.63, 3.8) is 0 Å². The molecule has 0 spiro atoms. The standard InChI is InChI=1S/C23H21NO3/c1-14-6-7-16(12-15(14)2)8-9-17-10-11-19-21(13-17)27-20-5-3-4-18(23(25)26)22(20)24-19/h3-7,10-13,24H,8-9H2,1-2H3,(H,25,26). The van der Waals surface area contributed by atoms with Crippen LogP contribution in [0.5, 0.6) is 11.5 Å². The predicted octanol–water partition coefficient (Wildman–Crippen LogP) is 5.64. The number of benzene rings is 3. The number of carboxylic acids is 1. The number of hydrogen-bond donors (Lipinski definition) is 2. The van der Waals surface area contributed by atoms with E-state index < -0.39 is 5.97 Å². The number of aryl methyl sites for hydroxylation is 4. The molecule has 3 aromatic rings. The van der Waals surface area contributed by atoms with Crippen LogP contribution in [0.4, 0.5) is 11.4 Å². The minimum absolute atomic E-state index is 0.206. The Hall–Kier alpha value is -3.27. The zero-order valence-corrected chi connectivity index (χ0v) is 15.4. The van der Waals surface area contributed by atoms with Crippen molar-refractivity contribution in [3.05, 3.63) is 82.4 Å². The zero-order chi connectivity index (χ0) is 19.0. The second kappa shape index (κ2) is 6.80. The van der Waals surface area contributed by atoms with Crippen molar-refractivity contribution in [2.24, 2.45) is 0 Å². The van der Waals surface area contributed by atoms with Gasteiger partial charge in [0.2, 0.25) is 0 Å². The van der Waals surface area contributed by atoms with Crippen molar-refractivity contribution in [2.45, 2.75) is 26.7 Å². The van der Waals surface area contributed by atoms with Gasteiger partial charge in [0.1, 0.15) is 0 Å². The maximum absolute atomic E-state index is 11.4. The quantitative estimate of drug-likeness (QED) is 0.495. The van der Waals surface area contributed by atoms with Crippen LogP contribution >= 0.6 is 0 Å². The van der Waals surface area contributed by atoms with Crippen LogP contribution in [-0.4, -0.2) is 11.1 Å².